The molecule has 4 heteroatoms. The van der Waals surface area contributed by atoms with Crippen LogP contribution in [-0.4, -0.2) is 16.1 Å². The Kier molecular flexibility index (Phi) is 3.02. The number of rotatable bonds is 0. The molecular weight excluding hydrogens is 236 g/mol. The van der Waals surface area contributed by atoms with Crippen LogP contribution < -0.4 is 5.32 Å². The lowest BCUT2D eigenvalue weighted by molar-refractivity contribution is 0.513. The van der Waals surface area contributed by atoms with E-state index in [2.05, 4.69) is 32.8 Å². The highest BCUT2D eigenvalue weighted by Crippen LogP contribution is 2.08. The Labute approximate surface area is 111 Å². The molecule has 1 N–H and O–H groups in total. The molecule has 0 spiro atoms. The first-order chi connectivity index (χ1) is 9.36. The molecule has 3 rings (SSSR count). The molecular formula is C15H12N4. The van der Waals surface area contributed by atoms with Crippen LogP contribution in [0.2, 0.25) is 0 Å². The summed E-state index contributed by atoms with van der Waals surface area (Å²) in [5, 5.41) is 12.1. The summed E-state index contributed by atoms with van der Waals surface area (Å²) in [7, 11) is 0. The van der Waals surface area contributed by atoms with Crippen molar-refractivity contribution in [1.82, 2.24) is 14.9 Å². The minimum absolute atomic E-state index is 0.626. The number of nitrogens with zero attached hydrogens (tertiary/aromatic N) is 3. The van der Waals surface area contributed by atoms with E-state index in [1.807, 2.05) is 18.3 Å². The Balaban J connectivity index is 1.91. The third kappa shape index (κ3) is 2.35. The number of hydrogen-bond donors (Lipinski definition) is 1. The van der Waals surface area contributed by atoms with Crippen LogP contribution in [-0.2, 0) is 13.1 Å². The molecule has 19 heavy (non-hydrogen) atoms. The summed E-state index contributed by atoms with van der Waals surface area (Å²) in [4.78, 5) is 4.34. The van der Waals surface area contributed by atoms with Crippen molar-refractivity contribution in [2.24, 2.45) is 0 Å². The van der Waals surface area contributed by atoms with E-state index < -0.39 is 0 Å². The zero-order valence-electron chi connectivity index (χ0n) is 10.3. The van der Waals surface area contributed by atoms with Crippen molar-refractivity contribution in [1.29, 1.82) is 5.26 Å². The Morgan fingerprint density at radius 2 is 2.16 bits per heavy atom. The fraction of sp³-hybridized carbons (Fsp3) is 0.200. The number of hydrogen-bond acceptors (Lipinski definition) is 3. The van der Waals surface area contributed by atoms with Crippen molar-refractivity contribution < 1.29 is 0 Å². The summed E-state index contributed by atoms with van der Waals surface area (Å²) in [5.74, 6) is 6.94. The van der Waals surface area contributed by atoms with Crippen LogP contribution in [0.25, 0.3) is 0 Å². The molecule has 0 unspecified atom stereocenters. The van der Waals surface area contributed by atoms with Gasteiger partial charge in [0.2, 0.25) is 0 Å². The van der Waals surface area contributed by atoms with E-state index in [9.17, 15) is 0 Å². The Morgan fingerprint density at radius 3 is 3.05 bits per heavy atom. The van der Waals surface area contributed by atoms with Gasteiger partial charge in [0, 0.05) is 25.2 Å². The van der Waals surface area contributed by atoms with Gasteiger partial charge >= 0.3 is 0 Å². The fourth-order valence-electron chi connectivity index (χ4n) is 2.10. The highest BCUT2D eigenvalue weighted by atomic mass is 15.1. The van der Waals surface area contributed by atoms with Crippen LogP contribution in [0.1, 0.15) is 22.6 Å². The van der Waals surface area contributed by atoms with Crippen molar-refractivity contribution in [3.63, 3.8) is 0 Å². The minimum Gasteiger partial charge on any atom is -0.319 e. The first kappa shape index (κ1) is 11.5. The van der Waals surface area contributed by atoms with Gasteiger partial charge in [-0.2, -0.15) is 5.26 Å². The number of imidazole rings is 1. The zero-order valence-corrected chi connectivity index (χ0v) is 10.3. The molecule has 2 heterocycles. The van der Waals surface area contributed by atoms with Gasteiger partial charge in [-0.15, -0.1) is 0 Å². The molecule has 0 amide bonds. The van der Waals surface area contributed by atoms with E-state index >= 15 is 0 Å². The van der Waals surface area contributed by atoms with Crippen molar-refractivity contribution in [3.05, 3.63) is 53.1 Å². The maximum absolute atomic E-state index is 8.85. The van der Waals surface area contributed by atoms with E-state index in [1.165, 1.54) is 5.69 Å². The van der Waals surface area contributed by atoms with Gasteiger partial charge in [0.05, 0.1) is 23.5 Å². The van der Waals surface area contributed by atoms with Crippen LogP contribution in [0.4, 0.5) is 0 Å². The van der Waals surface area contributed by atoms with Gasteiger partial charge in [-0.1, -0.05) is 12.0 Å². The highest BCUT2D eigenvalue weighted by Gasteiger charge is 2.11. The number of nitriles is 1. The standard InChI is InChI=1S/C15H12N4/c16-9-13-3-1-2-12(8-13)4-5-15-18-11-14-10-17-6-7-19(14)15/h1-3,8,11,17H,6-7,10H2. The van der Waals surface area contributed by atoms with Gasteiger partial charge in [-0.05, 0) is 24.1 Å². The minimum atomic E-state index is 0.626. The van der Waals surface area contributed by atoms with Gasteiger partial charge < -0.3 is 9.88 Å². The molecule has 0 radical (unpaired) electrons. The van der Waals surface area contributed by atoms with Crippen molar-refractivity contribution >= 4 is 0 Å². The Morgan fingerprint density at radius 1 is 1.26 bits per heavy atom. The molecule has 4 nitrogen and oxygen atoms in total. The molecule has 1 aliphatic heterocycles. The van der Waals surface area contributed by atoms with Gasteiger partial charge in [0.1, 0.15) is 0 Å². The van der Waals surface area contributed by atoms with Crippen LogP contribution in [0.3, 0.4) is 0 Å². The predicted octanol–water partition coefficient (Wildman–Crippen LogP) is 1.26. The molecule has 0 atom stereocenters. The lowest BCUT2D eigenvalue weighted by Crippen LogP contribution is -2.28. The van der Waals surface area contributed by atoms with Gasteiger partial charge in [0.15, 0.2) is 5.82 Å². The molecule has 2 aromatic rings. The lowest BCUT2D eigenvalue weighted by Gasteiger charge is -2.15. The number of benzene rings is 1. The first-order valence-corrected chi connectivity index (χ1v) is 6.14. The average Bonchev–Trinajstić information content (AvgIpc) is 2.89. The van der Waals surface area contributed by atoms with Crippen molar-refractivity contribution in [2.75, 3.05) is 6.54 Å². The molecule has 92 valence electrons. The molecule has 0 aliphatic carbocycles. The second-order valence-electron chi connectivity index (χ2n) is 4.34. The molecule has 0 saturated heterocycles. The van der Waals surface area contributed by atoms with Crippen LogP contribution in [0, 0.1) is 23.2 Å². The quantitative estimate of drug-likeness (QED) is 0.714. The third-order valence-electron chi connectivity index (χ3n) is 3.07. The van der Waals surface area contributed by atoms with Gasteiger partial charge in [0.25, 0.3) is 0 Å². The molecule has 0 saturated carbocycles. The molecule has 1 aromatic heterocycles. The second kappa shape index (κ2) is 4.97. The summed E-state index contributed by atoms with van der Waals surface area (Å²) in [6.45, 7) is 2.69. The number of fused-ring (bicyclic) bond motifs is 1. The van der Waals surface area contributed by atoms with E-state index in [-0.39, 0.29) is 0 Å². The molecule has 1 aromatic carbocycles. The monoisotopic (exact) mass is 248 g/mol. The predicted molar refractivity (Wildman–Crippen MR) is 71.1 cm³/mol. The summed E-state index contributed by atoms with van der Waals surface area (Å²) in [6, 6.07) is 9.41. The first-order valence-electron chi connectivity index (χ1n) is 6.14. The maximum atomic E-state index is 8.85. The van der Waals surface area contributed by atoms with E-state index in [0.29, 0.717) is 5.56 Å². The van der Waals surface area contributed by atoms with Crippen LogP contribution in [0.5, 0.6) is 0 Å². The maximum Gasteiger partial charge on any atom is 0.185 e. The summed E-state index contributed by atoms with van der Waals surface area (Å²) >= 11 is 0. The number of aromatic nitrogens is 2. The summed E-state index contributed by atoms with van der Waals surface area (Å²) in [5.41, 5.74) is 2.63. The van der Waals surface area contributed by atoms with Crippen LogP contribution >= 0.6 is 0 Å². The van der Waals surface area contributed by atoms with E-state index in [1.54, 1.807) is 12.1 Å². The van der Waals surface area contributed by atoms with Crippen molar-refractivity contribution in [3.8, 4) is 17.9 Å². The van der Waals surface area contributed by atoms with Crippen molar-refractivity contribution in [2.45, 2.75) is 13.1 Å². The third-order valence-corrected chi connectivity index (χ3v) is 3.07. The zero-order chi connectivity index (χ0) is 13.1. The molecule has 1 aliphatic rings. The lowest BCUT2D eigenvalue weighted by atomic mass is 10.1. The van der Waals surface area contributed by atoms with Gasteiger partial charge in [-0.3, -0.25) is 0 Å². The smallest absolute Gasteiger partial charge is 0.185 e. The Hall–Kier alpha value is -2.56. The topological polar surface area (TPSA) is 53.6 Å². The normalized spacial score (nSPS) is 13.0. The SMILES string of the molecule is N#Cc1cccc(C#Cc2ncc3n2CCNC3)c1. The summed E-state index contributed by atoms with van der Waals surface area (Å²) in [6.07, 6.45) is 1.86. The number of nitrogens with one attached hydrogen (secondary N) is 1. The second-order valence-corrected chi connectivity index (χ2v) is 4.34. The molecule has 0 fully saturated rings. The van der Waals surface area contributed by atoms with E-state index in [0.717, 1.165) is 31.0 Å². The highest BCUT2D eigenvalue weighted by molar-refractivity contribution is 5.43. The Bertz CT molecular complexity index is 710. The van der Waals surface area contributed by atoms with Gasteiger partial charge in [-0.25, -0.2) is 4.98 Å². The van der Waals surface area contributed by atoms with Crippen LogP contribution in [0.15, 0.2) is 30.5 Å². The largest absolute Gasteiger partial charge is 0.319 e. The fourth-order valence-corrected chi connectivity index (χ4v) is 2.10. The van der Waals surface area contributed by atoms with E-state index in [4.69, 9.17) is 5.26 Å². The molecule has 0 bridgehead atoms. The average molecular weight is 248 g/mol. The summed E-state index contributed by atoms with van der Waals surface area (Å²) < 4.78 is 2.14.